The third-order valence-corrected chi connectivity index (χ3v) is 3.50. The Labute approximate surface area is 109 Å². The first-order valence-electron chi connectivity index (χ1n) is 7.02. The Morgan fingerprint density at radius 1 is 1.28 bits per heavy atom. The topological polar surface area (TPSA) is 47.0 Å². The minimum Gasteiger partial charge on any atom is -0.370 e. The van der Waals surface area contributed by atoms with Gasteiger partial charge in [0.1, 0.15) is 11.4 Å². The fourth-order valence-corrected chi connectivity index (χ4v) is 2.69. The Kier molecular flexibility index (Phi) is 4.53. The maximum Gasteiger partial charge on any atom is 0.162 e. The largest absolute Gasteiger partial charge is 0.370 e. The van der Waals surface area contributed by atoms with E-state index in [9.17, 15) is 0 Å². The van der Waals surface area contributed by atoms with Gasteiger partial charge in [-0.2, -0.15) is 0 Å². The Hall–Kier alpha value is -1.16. The van der Waals surface area contributed by atoms with Crippen molar-refractivity contribution in [3.05, 3.63) is 18.1 Å². The van der Waals surface area contributed by atoms with Gasteiger partial charge in [0, 0.05) is 19.3 Å². The molecule has 0 bridgehead atoms. The summed E-state index contributed by atoms with van der Waals surface area (Å²) in [6, 6.07) is 1.91. The van der Waals surface area contributed by atoms with E-state index in [2.05, 4.69) is 22.2 Å². The van der Waals surface area contributed by atoms with E-state index in [-0.39, 0.29) is 5.60 Å². The van der Waals surface area contributed by atoms with Crippen molar-refractivity contribution in [3.8, 4) is 0 Å². The fraction of sp³-hybridized carbons (Fsp3) is 0.714. The highest BCUT2D eigenvalue weighted by atomic mass is 16.5. The summed E-state index contributed by atoms with van der Waals surface area (Å²) in [5.74, 6) is 1.75. The van der Waals surface area contributed by atoms with Crippen LogP contribution in [0.1, 0.15) is 51.8 Å². The van der Waals surface area contributed by atoms with Crippen molar-refractivity contribution >= 4 is 5.82 Å². The summed E-state index contributed by atoms with van der Waals surface area (Å²) >= 11 is 0. The van der Waals surface area contributed by atoms with Gasteiger partial charge in [-0.25, -0.2) is 9.97 Å². The molecule has 1 N–H and O–H groups in total. The lowest BCUT2D eigenvalue weighted by atomic mass is 9.84. The molecule has 0 unspecified atom stereocenters. The summed E-state index contributed by atoms with van der Waals surface area (Å²) in [5, 5.41) is 3.24. The van der Waals surface area contributed by atoms with Gasteiger partial charge in [0.25, 0.3) is 0 Å². The Bertz CT molecular complexity index is 370. The zero-order valence-electron chi connectivity index (χ0n) is 11.4. The molecule has 0 aromatic carbocycles. The molecule has 1 saturated carbocycles. The maximum atomic E-state index is 6.04. The molecule has 0 spiro atoms. The van der Waals surface area contributed by atoms with E-state index in [4.69, 9.17) is 4.74 Å². The first kappa shape index (κ1) is 13.3. The van der Waals surface area contributed by atoms with Crippen molar-refractivity contribution < 1.29 is 4.74 Å². The second-order valence-corrected chi connectivity index (χ2v) is 4.78. The lowest BCUT2D eigenvalue weighted by molar-refractivity contribution is -0.0766. The van der Waals surface area contributed by atoms with Crippen molar-refractivity contribution in [1.82, 2.24) is 9.97 Å². The number of hydrogen-bond donors (Lipinski definition) is 1. The molecule has 1 aromatic rings. The number of anilines is 1. The number of hydrogen-bond acceptors (Lipinski definition) is 4. The van der Waals surface area contributed by atoms with E-state index in [0.29, 0.717) is 0 Å². The van der Waals surface area contributed by atoms with Crippen LogP contribution in [-0.2, 0) is 10.3 Å². The monoisotopic (exact) mass is 249 g/mol. The number of nitrogens with one attached hydrogen (secondary N) is 1. The van der Waals surface area contributed by atoms with Gasteiger partial charge in [-0.15, -0.1) is 0 Å². The SMILES string of the molecule is CCNc1ccnc(C2(OCC)CCCCC2)n1. The van der Waals surface area contributed by atoms with Gasteiger partial charge in [-0.3, -0.25) is 0 Å². The van der Waals surface area contributed by atoms with E-state index in [0.717, 1.165) is 37.6 Å². The minimum atomic E-state index is -0.252. The number of nitrogens with zero attached hydrogens (tertiary/aromatic N) is 2. The van der Waals surface area contributed by atoms with Crippen LogP contribution in [0.4, 0.5) is 5.82 Å². The molecule has 4 nitrogen and oxygen atoms in total. The molecule has 1 aliphatic rings. The van der Waals surface area contributed by atoms with Crippen LogP contribution in [0.3, 0.4) is 0 Å². The summed E-state index contributed by atoms with van der Waals surface area (Å²) < 4.78 is 6.04. The van der Waals surface area contributed by atoms with Crippen LogP contribution < -0.4 is 5.32 Å². The predicted octanol–water partition coefficient (Wildman–Crippen LogP) is 3.10. The average Bonchev–Trinajstić information content (AvgIpc) is 2.41. The number of ether oxygens (including phenoxy) is 1. The van der Waals surface area contributed by atoms with Crippen molar-refractivity contribution in [2.45, 2.75) is 51.6 Å². The normalized spacial score (nSPS) is 18.6. The standard InChI is InChI=1S/C14H23N3O/c1-3-15-12-8-11-16-13(17-12)14(18-4-2)9-6-5-7-10-14/h8,11H,3-7,9-10H2,1-2H3,(H,15,16,17). The van der Waals surface area contributed by atoms with E-state index >= 15 is 0 Å². The highest BCUT2D eigenvalue weighted by molar-refractivity contribution is 5.33. The smallest absolute Gasteiger partial charge is 0.162 e. The zero-order valence-corrected chi connectivity index (χ0v) is 11.4. The van der Waals surface area contributed by atoms with E-state index < -0.39 is 0 Å². The second-order valence-electron chi connectivity index (χ2n) is 4.78. The molecule has 0 atom stereocenters. The molecule has 1 aliphatic carbocycles. The van der Waals surface area contributed by atoms with Gasteiger partial charge in [0.2, 0.25) is 0 Å². The van der Waals surface area contributed by atoms with Gasteiger partial charge in [0.05, 0.1) is 0 Å². The molecule has 1 fully saturated rings. The van der Waals surface area contributed by atoms with Gasteiger partial charge < -0.3 is 10.1 Å². The first-order chi connectivity index (χ1) is 8.80. The van der Waals surface area contributed by atoms with Crippen molar-refractivity contribution in [3.63, 3.8) is 0 Å². The molecule has 0 amide bonds. The molecule has 0 aliphatic heterocycles. The van der Waals surface area contributed by atoms with E-state index in [1.165, 1.54) is 19.3 Å². The minimum absolute atomic E-state index is 0.252. The van der Waals surface area contributed by atoms with Gasteiger partial charge in [-0.05, 0) is 32.8 Å². The molecule has 0 saturated heterocycles. The van der Waals surface area contributed by atoms with Crippen molar-refractivity contribution in [1.29, 1.82) is 0 Å². The van der Waals surface area contributed by atoms with Crippen molar-refractivity contribution in [2.24, 2.45) is 0 Å². The van der Waals surface area contributed by atoms with Crippen LogP contribution in [0.2, 0.25) is 0 Å². The molecule has 18 heavy (non-hydrogen) atoms. The van der Waals surface area contributed by atoms with E-state index in [1.807, 2.05) is 19.2 Å². The van der Waals surface area contributed by atoms with Crippen LogP contribution >= 0.6 is 0 Å². The quantitative estimate of drug-likeness (QED) is 0.871. The predicted molar refractivity (Wildman–Crippen MR) is 72.6 cm³/mol. The zero-order chi connectivity index (χ0) is 12.8. The number of aromatic nitrogens is 2. The number of rotatable bonds is 5. The van der Waals surface area contributed by atoms with Crippen molar-refractivity contribution in [2.75, 3.05) is 18.5 Å². The highest BCUT2D eigenvalue weighted by Gasteiger charge is 2.37. The van der Waals surface area contributed by atoms with E-state index in [1.54, 1.807) is 0 Å². The first-order valence-corrected chi connectivity index (χ1v) is 7.02. The second kappa shape index (κ2) is 6.14. The summed E-state index contributed by atoms with van der Waals surface area (Å²) in [7, 11) is 0. The van der Waals surface area contributed by atoms with Gasteiger partial charge in [0.15, 0.2) is 5.82 Å². The molecule has 1 aromatic heterocycles. The summed E-state index contributed by atoms with van der Waals surface area (Å²) in [4.78, 5) is 9.09. The van der Waals surface area contributed by atoms with Crippen LogP contribution in [0.15, 0.2) is 12.3 Å². The third-order valence-electron chi connectivity index (χ3n) is 3.50. The average molecular weight is 249 g/mol. The lowest BCUT2D eigenvalue weighted by Gasteiger charge is -2.35. The molecule has 2 rings (SSSR count). The fourth-order valence-electron chi connectivity index (χ4n) is 2.69. The lowest BCUT2D eigenvalue weighted by Crippen LogP contribution is -2.34. The molecule has 100 valence electrons. The summed E-state index contributed by atoms with van der Waals surface area (Å²) in [6.45, 7) is 5.71. The Morgan fingerprint density at radius 3 is 2.72 bits per heavy atom. The van der Waals surface area contributed by atoms with Crippen LogP contribution in [0, 0.1) is 0 Å². The molecule has 1 heterocycles. The van der Waals surface area contributed by atoms with Crippen LogP contribution in [0.5, 0.6) is 0 Å². The molecular formula is C14H23N3O. The van der Waals surface area contributed by atoms with Crippen LogP contribution in [-0.4, -0.2) is 23.1 Å². The molecular weight excluding hydrogens is 226 g/mol. The highest BCUT2D eigenvalue weighted by Crippen LogP contribution is 2.38. The molecule has 4 heteroatoms. The summed E-state index contributed by atoms with van der Waals surface area (Å²) in [6.07, 6.45) is 7.61. The van der Waals surface area contributed by atoms with Crippen LogP contribution in [0.25, 0.3) is 0 Å². The Balaban J connectivity index is 2.26. The van der Waals surface area contributed by atoms with Gasteiger partial charge in [-0.1, -0.05) is 19.3 Å². The van der Waals surface area contributed by atoms with Gasteiger partial charge >= 0.3 is 0 Å². The molecule has 0 radical (unpaired) electrons. The maximum absolute atomic E-state index is 6.04. The summed E-state index contributed by atoms with van der Waals surface area (Å²) in [5.41, 5.74) is -0.252. The third kappa shape index (κ3) is 2.80. The Morgan fingerprint density at radius 2 is 2.06 bits per heavy atom.